The number of carboxylic acid groups (broad SMARTS) is 1. The fraction of sp³-hybridized carbons (Fsp3) is 0.800. The van der Waals surface area contributed by atoms with Crippen LogP contribution in [0.15, 0.2) is 11.1 Å². The Morgan fingerprint density at radius 3 is 2.37 bits per heavy atom. The molecule has 0 amide bonds. The summed E-state index contributed by atoms with van der Waals surface area (Å²) in [4.78, 5) is 11.4. The Kier molecular flexibility index (Phi) is 2.50. The van der Waals surface area contributed by atoms with E-state index in [0.717, 1.165) is 18.4 Å². The molecule has 3 N–H and O–H groups in total. The molecule has 0 saturated heterocycles. The van der Waals surface area contributed by atoms with Crippen LogP contribution in [0, 0.1) is 22.7 Å². The van der Waals surface area contributed by atoms with Gasteiger partial charge >= 0.3 is 5.97 Å². The third-order valence-corrected chi connectivity index (χ3v) is 5.94. The zero-order valence-electron chi connectivity index (χ0n) is 11.7. The lowest BCUT2D eigenvalue weighted by Gasteiger charge is -2.55. The number of carboxylic acids is 1. The summed E-state index contributed by atoms with van der Waals surface area (Å²) in [6.45, 7) is 6.07. The fourth-order valence-corrected chi connectivity index (χ4v) is 4.81. The highest BCUT2D eigenvalue weighted by Gasteiger charge is 2.63. The van der Waals surface area contributed by atoms with E-state index in [2.05, 4.69) is 6.92 Å². The number of aliphatic hydroxyl groups excluding tert-OH is 2. The Morgan fingerprint density at radius 1 is 1.26 bits per heavy atom. The summed E-state index contributed by atoms with van der Waals surface area (Å²) in [7, 11) is 0. The van der Waals surface area contributed by atoms with Gasteiger partial charge in [0.15, 0.2) is 0 Å². The minimum absolute atomic E-state index is 0.00986. The van der Waals surface area contributed by atoms with E-state index in [1.807, 2.05) is 13.8 Å². The molecule has 0 heterocycles. The predicted octanol–water partition coefficient (Wildman–Crippen LogP) is 1.57. The maximum atomic E-state index is 11.4. The van der Waals surface area contributed by atoms with Gasteiger partial charge in [-0.3, -0.25) is 0 Å². The van der Waals surface area contributed by atoms with Crippen molar-refractivity contribution in [2.24, 2.45) is 22.7 Å². The molecule has 106 valence electrons. The van der Waals surface area contributed by atoms with Crippen LogP contribution in [0.1, 0.15) is 40.0 Å². The first-order valence-electron chi connectivity index (χ1n) is 7.03. The summed E-state index contributed by atoms with van der Waals surface area (Å²) in [5, 5.41) is 30.4. The van der Waals surface area contributed by atoms with Crippen molar-refractivity contribution in [3.05, 3.63) is 11.1 Å². The largest absolute Gasteiger partial charge is 0.478 e. The second-order valence-corrected chi connectivity index (χ2v) is 7.39. The van der Waals surface area contributed by atoms with Crippen molar-refractivity contribution in [1.82, 2.24) is 0 Å². The van der Waals surface area contributed by atoms with Gasteiger partial charge in [0.1, 0.15) is 0 Å². The molecule has 19 heavy (non-hydrogen) atoms. The molecule has 3 aliphatic carbocycles. The van der Waals surface area contributed by atoms with Crippen molar-refractivity contribution in [3.63, 3.8) is 0 Å². The van der Waals surface area contributed by atoms with Crippen LogP contribution >= 0.6 is 0 Å². The lowest BCUT2D eigenvalue weighted by Crippen LogP contribution is -2.53. The molecule has 0 radical (unpaired) electrons. The van der Waals surface area contributed by atoms with Crippen LogP contribution in [0.5, 0.6) is 0 Å². The van der Waals surface area contributed by atoms with Crippen LogP contribution in [0.3, 0.4) is 0 Å². The van der Waals surface area contributed by atoms with Gasteiger partial charge in [0.05, 0.1) is 17.8 Å². The van der Waals surface area contributed by atoms with Gasteiger partial charge in [0, 0.05) is 5.92 Å². The number of carbonyl (C=O) groups is 1. The molecule has 0 spiro atoms. The normalized spacial score (nSPS) is 47.4. The summed E-state index contributed by atoms with van der Waals surface area (Å²) in [6, 6.07) is 0. The van der Waals surface area contributed by atoms with Crippen molar-refractivity contribution in [1.29, 1.82) is 0 Å². The first-order valence-corrected chi connectivity index (χ1v) is 7.03. The third kappa shape index (κ3) is 1.44. The molecule has 3 aliphatic rings. The van der Waals surface area contributed by atoms with Gasteiger partial charge in [0.25, 0.3) is 0 Å². The van der Waals surface area contributed by atoms with Crippen molar-refractivity contribution < 1.29 is 20.1 Å². The first-order chi connectivity index (χ1) is 8.70. The van der Waals surface area contributed by atoms with Gasteiger partial charge in [-0.2, -0.15) is 0 Å². The van der Waals surface area contributed by atoms with E-state index < -0.39 is 18.2 Å². The molecule has 0 aromatic carbocycles. The summed E-state index contributed by atoms with van der Waals surface area (Å²) in [5.41, 5.74) is 0.587. The zero-order valence-corrected chi connectivity index (χ0v) is 11.7. The monoisotopic (exact) mass is 266 g/mol. The summed E-state index contributed by atoms with van der Waals surface area (Å²) >= 11 is 0. The van der Waals surface area contributed by atoms with Gasteiger partial charge in [0.2, 0.25) is 0 Å². The van der Waals surface area contributed by atoms with E-state index in [9.17, 15) is 20.1 Å². The number of aliphatic carboxylic acids is 1. The highest BCUT2D eigenvalue weighted by Crippen LogP contribution is 2.66. The maximum Gasteiger partial charge on any atom is 0.334 e. The molecule has 5 unspecified atom stereocenters. The number of rotatable bonds is 1. The van der Waals surface area contributed by atoms with Crippen LogP contribution < -0.4 is 0 Å². The first kappa shape index (κ1) is 13.1. The van der Waals surface area contributed by atoms with Gasteiger partial charge in [-0.15, -0.1) is 0 Å². The molecule has 2 fully saturated rings. The predicted molar refractivity (Wildman–Crippen MR) is 69.4 cm³/mol. The van der Waals surface area contributed by atoms with Crippen LogP contribution in [0.2, 0.25) is 0 Å². The quantitative estimate of drug-likeness (QED) is 0.673. The second kappa shape index (κ2) is 3.61. The molecule has 4 nitrogen and oxygen atoms in total. The van der Waals surface area contributed by atoms with Crippen LogP contribution in [0.4, 0.5) is 0 Å². The number of aliphatic hydroxyl groups is 2. The van der Waals surface area contributed by atoms with E-state index in [4.69, 9.17) is 0 Å². The Balaban J connectivity index is 2.12. The molecule has 0 aromatic rings. The van der Waals surface area contributed by atoms with Crippen molar-refractivity contribution in [2.75, 3.05) is 0 Å². The number of hydrogen-bond acceptors (Lipinski definition) is 3. The Bertz CT molecular complexity index is 479. The van der Waals surface area contributed by atoms with Crippen molar-refractivity contribution in [2.45, 2.75) is 52.2 Å². The van der Waals surface area contributed by atoms with Gasteiger partial charge in [-0.1, -0.05) is 26.3 Å². The van der Waals surface area contributed by atoms with Crippen LogP contribution in [-0.2, 0) is 4.79 Å². The molecule has 3 rings (SSSR count). The van der Waals surface area contributed by atoms with Gasteiger partial charge in [-0.25, -0.2) is 4.79 Å². The summed E-state index contributed by atoms with van der Waals surface area (Å²) in [5.74, 6) is -1.14. The molecular weight excluding hydrogens is 244 g/mol. The Labute approximate surface area is 113 Å². The summed E-state index contributed by atoms with van der Waals surface area (Å²) < 4.78 is 0. The smallest absolute Gasteiger partial charge is 0.334 e. The SMILES string of the molecule is CC1(C)CC2C(O)C(C(=O)O)=C3CCC3(C)C2C1O. The molecule has 4 heteroatoms. The van der Waals surface area contributed by atoms with Crippen LogP contribution in [0.25, 0.3) is 0 Å². The maximum absolute atomic E-state index is 11.4. The standard InChI is InChI=1S/C15H22O4/c1-14(2)6-7-10(12(14)17)15(3)5-4-8(15)9(11(7)16)13(18)19/h7,10-12,16-17H,4-6H2,1-3H3,(H,18,19). The fourth-order valence-electron chi connectivity index (χ4n) is 4.81. The van der Waals surface area contributed by atoms with E-state index >= 15 is 0 Å². The third-order valence-electron chi connectivity index (χ3n) is 5.94. The molecular formula is C15H22O4. The minimum Gasteiger partial charge on any atom is -0.478 e. The second-order valence-electron chi connectivity index (χ2n) is 7.39. The number of allylic oxidation sites excluding steroid dienone is 1. The lowest BCUT2D eigenvalue weighted by molar-refractivity contribution is -0.136. The van der Waals surface area contributed by atoms with Crippen LogP contribution in [-0.4, -0.2) is 33.5 Å². The molecule has 0 aliphatic heterocycles. The molecule has 2 saturated carbocycles. The lowest BCUT2D eigenvalue weighted by atomic mass is 9.50. The van der Waals surface area contributed by atoms with E-state index in [-0.39, 0.29) is 28.2 Å². The topological polar surface area (TPSA) is 77.8 Å². The molecule has 0 aromatic heterocycles. The Hall–Kier alpha value is -0.870. The number of hydrogen-bond donors (Lipinski definition) is 3. The number of fused-ring (bicyclic) bond motifs is 3. The van der Waals surface area contributed by atoms with Gasteiger partial charge < -0.3 is 15.3 Å². The van der Waals surface area contributed by atoms with E-state index in [1.54, 1.807) is 0 Å². The highest BCUT2D eigenvalue weighted by molar-refractivity contribution is 5.90. The van der Waals surface area contributed by atoms with Crippen molar-refractivity contribution in [3.8, 4) is 0 Å². The average Bonchev–Trinajstić information content (AvgIpc) is 2.53. The van der Waals surface area contributed by atoms with E-state index in [1.165, 1.54) is 0 Å². The van der Waals surface area contributed by atoms with E-state index in [0.29, 0.717) is 6.42 Å². The Morgan fingerprint density at radius 2 is 1.89 bits per heavy atom. The minimum atomic E-state index is -0.994. The molecule has 0 bridgehead atoms. The van der Waals surface area contributed by atoms with Crippen molar-refractivity contribution >= 4 is 5.97 Å². The zero-order chi connectivity index (χ0) is 14.2. The average molecular weight is 266 g/mol. The highest BCUT2D eigenvalue weighted by atomic mass is 16.4. The summed E-state index contributed by atoms with van der Waals surface area (Å²) in [6.07, 6.45) is 0.941. The van der Waals surface area contributed by atoms with Gasteiger partial charge in [-0.05, 0) is 36.0 Å². The molecule has 5 atom stereocenters.